The largest absolute Gasteiger partial charge is 0.292 e. The molecule has 1 aromatic heterocycles. The van der Waals surface area contributed by atoms with Crippen molar-refractivity contribution in [2.24, 2.45) is 0 Å². The van der Waals surface area contributed by atoms with Gasteiger partial charge in [-0.2, -0.15) is 0 Å². The second kappa shape index (κ2) is 3.89. The predicted molar refractivity (Wildman–Crippen MR) is 56.1 cm³/mol. The Morgan fingerprint density at radius 1 is 1.62 bits per heavy atom. The Balaban J connectivity index is 2.88. The predicted octanol–water partition coefficient (Wildman–Crippen LogP) is 1.74. The molecule has 1 rings (SSSR count). The molecule has 0 radical (unpaired) electrons. The highest BCUT2D eigenvalue weighted by Gasteiger charge is 2.16. The van der Waals surface area contributed by atoms with E-state index in [0.29, 0.717) is 9.35 Å². The Kier molecular flexibility index (Phi) is 3.26. The van der Waals surface area contributed by atoms with Gasteiger partial charge >= 0.3 is 0 Å². The van der Waals surface area contributed by atoms with Crippen LogP contribution in [0.25, 0.3) is 0 Å². The first-order valence-electron chi connectivity index (χ1n) is 3.34. The molecule has 0 aliphatic rings. The minimum Gasteiger partial charge on any atom is -0.292 e. The first kappa shape index (κ1) is 10.9. The highest BCUT2D eigenvalue weighted by molar-refractivity contribution is 9.10. The maximum atomic E-state index is 11.3. The van der Waals surface area contributed by atoms with E-state index in [1.807, 2.05) is 0 Å². The molecule has 0 amide bonds. The number of halogens is 1. The van der Waals surface area contributed by atoms with Gasteiger partial charge in [0, 0.05) is 10.7 Å². The molecule has 1 heterocycles. The summed E-state index contributed by atoms with van der Waals surface area (Å²) >= 11 is 4.41. The van der Waals surface area contributed by atoms with E-state index in [2.05, 4.69) is 15.9 Å². The monoisotopic (exact) mass is 282 g/mol. The fourth-order valence-corrected chi connectivity index (χ4v) is 3.04. The summed E-state index contributed by atoms with van der Waals surface area (Å²) in [4.78, 5) is 11.8. The molecule has 0 fully saturated rings. The van der Waals surface area contributed by atoms with E-state index in [1.54, 1.807) is 11.4 Å². The topological polar surface area (TPSA) is 51.2 Å². The van der Waals surface area contributed by atoms with Crippen LogP contribution >= 0.6 is 27.3 Å². The SMILES string of the molecule is CS(=O)(=O)CC(=O)c1sccc1Br. The van der Waals surface area contributed by atoms with E-state index >= 15 is 0 Å². The summed E-state index contributed by atoms with van der Waals surface area (Å²) in [6.07, 6.45) is 1.05. The van der Waals surface area contributed by atoms with Crippen molar-refractivity contribution < 1.29 is 13.2 Å². The number of rotatable bonds is 3. The number of hydrogen-bond acceptors (Lipinski definition) is 4. The molecule has 0 aliphatic heterocycles. The van der Waals surface area contributed by atoms with Gasteiger partial charge in [-0.15, -0.1) is 11.3 Å². The van der Waals surface area contributed by atoms with Gasteiger partial charge in [0.15, 0.2) is 15.6 Å². The summed E-state index contributed by atoms with van der Waals surface area (Å²) in [5, 5.41) is 1.74. The Morgan fingerprint density at radius 2 is 2.23 bits per heavy atom. The number of carbonyl (C=O) groups excluding carboxylic acids is 1. The van der Waals surface area contributed by atoms with Gasteiger partial charge in [-0.05, 0) is 27.4 Å². The highest BCUT2D eigenvalue weighted by atomic mass is 79.9. The van der Waals surface area contributed by atoms with Crippen molar-refractivity contribution in [2.45, 2.75) is 0 Å². The molecular weight excluding hydrogens is 276 g/mol. The van der Waals surface area contributed by atoms with Crippen molar-refractivity contribution in [1.29, 1.82) is 0 Å². The molecule has 0 spiro atoms. The molecule has 1 aromatic rings. The fraction of sp³-hybridized carbons (Fsp3) is 0.286. The average molecular weight is 283 g/mol. The summed E-state index contributed by atoms with van der Waals surface area (Å²) in [7, 11) is -3.23. The number of thiophene rings is 1. The third-order valence-corrected chi connectivity index (χ3v) is 3.93. The Hall–Kier alpha value is -0.200. The van der Waals surface area contributed by atoms with Gasteiger partial charge in [0.05, 0.1) is 4.88 Å². The van der Waals surface area contributed by atoms with Gasteiger partial charge in [0.1, 0.15) is 5.75 Å². The summed E-state index contributed by atoms with van der Waals surface area (Å²) in [5.41, 5.74) is 0. The van der Waals surface area contributed by atoms with Crippen LogP contribution < -0.4 is 0 Å². The van der Waals surface area contributed by atoms with Gasteiger partial charge < -0.3 is 0 Å². The van der Waals surface area contributed by atoms with Crippen LogP contribution in [-0.4, -0.2) is 26.2 Å². The molecule has 6 heteroatoms. The van der Waals surface area contributed by atoms with Crippen molar-refractivity contribution in [3.8, 4) is 0 Å². The van der Waals surface area contributed by atoms with E-state index < -0.39 is 15.6 Å². The van der Waals surface area contributed by atoms with Crippen LogP contribution in [0.2, 0.25) is 0 Å². The smallest absolute Gasteiger partial charge is 0.188 e. The Bertz CT molecular complexity index is 419. The van der Waals surface area contributed by atoms with Crippen molar-refractivity contribution in [3.05, 3.63) is 20.8 Å². The first-order valence-corrected chi connectivity index (χ1v) is 7.07. The molecule has 0 saturated carbocycles. The summed E-state index contributed by atoms with van der Waals surface area (Å²) in [6, 6.07) is 1.72. The highest BCUT2D eigenvalue weighted by Crippen LogP contribution is 2.23. The summed E-state index contributed by atoms with van der Waals surface area (Å²) in [5.74, 6) is -0.782. The van der Waals surface area contributed by atoms with E-state index in [-0.39, 0.29) is 5.78 Å². The zero-order chi connectivity index (χ0) is 10.1. The first-order chi connectivity index (χ1) is 5.90. The third-order valence-electron chi connectivity index (χ3n) is 1.26. The zero-order valence-electron chi connectivity index (χ0n) is 6.78. The van der Waals surface area contributed by atoms with Gasteiger partial charge in [-0.1, -0.05) is 0 Å². The van der Waals surface area contributed by atoms with Crippen molar-refractivity contribution in [1.82, 2.24) is 0 Å². The van der Waals surface area contributed by atoms with Crippen LogP contribution in [0.15, 0.2) is 15.9 Å². The molecular formula is C7H7BrO3S2. The Morgan fingerprint density at radius 3 is 2.62 bits per heavy atom. The number of sulfone groups is 1. The average Bonchev–Trinajstić information content (AvgIpc) is 2.30. The van der Waals surface area contributed by atoms with Gasteiger partial charge in [-0.3, -0.25) is 4.79 Å². The van der Waals surface area contributed by atoms with Gasteiger partial charge in [-0.25, -0.2) is 8.42 Å². The molecule has 72 valence electrons. The molecule has 13 heavy (non-hydrogen) atoms. The second-order valence-electron chi connectivity index (χ2n) is 2.59. The fourth-order valence-electron chi connectivity index (χ4n) is 0.796. The van der Waals surface area contributed by atoms with Crippen LogP contribution in [0.4, 0.5) is 0 Å². The lowest BCUT2D eigenvalue weighted by Gasteiger charge is -1.95. The quantitative estimate of drug-likeness (QED) is 0.794. The van der Waals surface area contributed by atoms with Gasteiger partial charge in [0.2, 0.25) is 0 Å². The van der Waals surface area contributed by atoms with Crippen molar-refractivity contribution in [2.75, 3.05) is 12.0 Å². The lowest BCUT2D eigenvalue weighted by atomic mass is 10.3. The number of carbonyl (C=O) groups is 1. The zero-order valence-corrected chi connectivity index (χ0v) is 10.0. The summed E-state index contributed by atoms with van der Waals surface area (Å²) < 4.78 is 22.3. The number of hydrogen-bond donors (Lipinski definition) is 0. The van der Waals surface area contributed by atoms with Gasteiger partial charge in [0.25, 0.3) is 0 Å². The maximum Gasteiger partial charge on any atom is 0.188 e. The van der Waals surface area contributed by atoms with Crippen molar-refractivity contribution in [3.63, 3.8) is 0 Å². The standard InChI is InChI=1S/C7H7BrO3S2/c1-13(10,11)4-6(9)7-5(8)2-3-12-7/h2-3H,4H2,1H3. The van der Waals surface area contributed by atoms with Crippen LogP contribution in [0, 0.1) is 0 Å². The maximum absolute atomic E-state index is 11.3. The Labute approximate surface area is 88.8 Å². The van der Waals surface area contributed by atoms with Crippen LogP contribution in [-0.2, 0) is 9.84 Å². The van der Waals surface area contributed by atoms with Crippen LogP contribution in [0.3, 0.4) is 0 Å². The molecule has 0 aliphatic carbocycles. The number of ketones is 1. The molecule has 0 bridgehead atoms. The molecule has 3 nitrogen and oxygen atoms in total. The second-order valence-corrected chi connectivity index (χ2v) is 6.50. The normalized spacial score (nSPS) is 11.5. The third kappa shape index (κ3) is 3.21. The van der Waals surface area contributed by atoms with E-state index in [1.165, 1.54) is 11.3 Å². The molecule has 0 unspecified atom stereocenters. The minimum atomic E-state index is -3.23. The lowest BCUT2D eigenvalue weighted by molar-refractivity contribution is 0.102. The van der Waals surface area contributed by atoms with Crippen molar-refractivity contribution >= 4 is 42.9 Å². The minimum absolute atomic E-state index is 0.357. The summed E-state index contributed by atoms with van der Waals surface area (Å²) in [6.45, 7) is 0. The number of Topliss-reactive ketones (excluding diaryl/α,β-unsaturated/α-hetero) is 1. The molecule has 0 N–H and O–H groups in total. The van der Waals surface area contributed by atoms with E-state index in [0.717, 1.165) is 6.26 Å². The molecule has 0 saturated heterocycles. The van der Waals surface area contributed by atoms with Crippen LogP contribution in [0.5, 0.6) is 0 Å². The molecule has 0 atom stereocenters. The van der Waals surface area contributed by atoms with Crippen LogP contribution in [0.1, 0.15) is 9.67 Å². The van der Waals surface area contributed by atoms with E-state index in [9.17, 15) is 13.2 Å². The lowest BCUT2D eigenvalue weighted by Crippen LogP contribution is -2.13. The molecule has 0 aromatic carbocycles. The van der Waals surface area contributed by atoms with E-state index in [4.69, 9.17) is 0 Å².